The van der Waals surface area contributed by atoms with E-state index in [1.807, 2.05) is 55.4 Å². The van der Waals surface area contributed by atoms with Crippen molar-refractivity contribution in [2.45, 2.75) is 33.9 Å². The van der Waals surface area contributed by atoms with Gasteiger partial charge in [-0.2, -0.15) is 10.2 Å². The van der Waals surface area contributed by atoms with E-state index >= 15 is 0 Å². The van der Waals surface area contributed by atoms with E-state index in [0.717, 1.165) is 34.0 Å². The fraction of sp³-hybridized carbons (Fsp3) is 0.316. The second kappa shape index (κ2) is 8.51. The molecule has 0 fully saturated rings. The van der Waals surface area contributed by atoms with Crippen molar-refractivity contribution in [2.24, 2.45) is 7.05 Å². The molecule has 0 spiro atoms. The van der Waals surface area contributed by atoms with Gasteiger partial charge in [0.15, 0.2) is 5.11 Å². The van der Waals surface area contributed by atoms with Crippen molar-refractivity contribution in [3.05, 3.63) is 62.6 Å². The van der Waals surface area contributed by atoms with Crippen LogP contribution in [0.5, 0.6) is 0 Å². The highest BCUT2D eigenvalue weighted by Crippen LogP contribution is 2.25. The van der Waals surface area contributed by atoms with Crippen molar-refractivity contribution in [1.29, 1.82) is 0 Å². The standard InChI is InChI=1S/C19H22Cl2N6S/c1-11-7-16(25-26(11)4)9-22-19(28)23-18-12(2)24-27(13(18)3)10-14-5-6-15(20)8-17(14)21/h5-8H,9-10H2,1-4H3,(H2,22,23,28). The second-order valence-electron chi connectivity index (χ2n) is 6.65. The lowest BCUT2D eigenvalue weighted by atomic mass is 10.2. The summed E-state index contributed by atoms with van der Waals surface area (Å²) in [6, 6.07) is 7.50. The summed E-state index contributed by atoms with van der Waals surface area (Å²) in [4.78, 5) is 0. The molecule has 0 aliphatic heterocycles. The number of halogens is 2. The highest BCUT2D eigenvalue weighted by molar-refractivity contribution is 7.80. The third-order valence-electron chi connectivity index (χ3n) is 4.55. The first-order valence-electron chi connectivity index (χ1n) is 8.77. The van der Waals surface area contributed by atoms with Gasteiger partial charge in [0.2, 0.25) is 0 Å². The van der Waals surface area contributed by atoms with Gasteiger partial charge in [0.1, 0.15) is 0 Å². The third kappa shape index (κ3) is 4.66. The molecule has 0 saturated heterocycles. The van der Waals surface area contributed by atoms with E-state index in [1.54, 1.807) is 6.07 Å². The summed E-state index contributed by atoms with van der Waals surface area (Å²) in [6.45, 7) is 7.07. The zero-order chi connectivity index (χ0) is 20.4. The number of hydrogen-bond acceptors (Lipinski definition) is 3. The molecule has 2 N–H and O–H groups in total. The van der Waals surface area contributed by atoms with E-state index in [-0.39, 0.29) is 0 Å². The van der Waals surface area contributed by atoms with Gasteiger partial charge in [-0.3, -0.25) is 9.36 Å². The Labute approximate surface area is 179 Å². The first-order chi connectivity index (χ1) is 13.2. The van der Waals surface area contributed by atoms with Gasteiger partial charge in [-0.25, -0.2) is 0 Å². The summed E-state index contributed by atoms with van der Waals surface area (Å²) in [5.74, 6) is 0. The lowest BCUT2D eigenvalue weighted by Crippen LogP contribution is -2.28. The number of aromatic nitrogens is 4. The maximum atomic E-state index is 6.30. The average molecular weight is 437 g/mol. The number of thiocarbonyl (C=S) groups is 1. The van der Waals surface area contributed by atoms with Crippen molar-refractivity contribution >= 4 is 46.2 Å². The van der Waals surface area contributed by atoms with Crippen LogP contribution in [0.25, 0.3) is 0 Å². The highest BCUT2D eigenvalue weighted by atomic mass is 35.5. The van der Waals surface area contributed by atoms with Crippen LogP contribution in [0.4, 0.5) is 5.69 Å². The number of anilines is 1. The summed E-state index contributed by atoms with van der Waals surface area (Å²) in [7, 11) is 1.92. The molecule has 0 aliphatic carbocycles. The molecular formula is C19H22Cl2N6S. The Hall–Kier alpha value is -2.09. The van der Waals surface area contributed by atoms with Crippen molar-refractivity contribution in [3.63, 3.8) is 0 Å². The first-order valence-corrected chi connectivity index (χ1v) is 9.93. The minimum atomic E-state index is 0.526. The van der Waals surface area contributed by atoms with E-state index in [2.05, 4.69) is 20.8 Å². The van der Waals surface area contributed by atoms with Crippen LogP contribution >= 0.6 is 35.4 Å². The summed E-state index contributed by atoms with van der Waals surface area (Å²) >= 11 is 17.7. The molecule has 0 unspecified atom stereocenters. The molecule has 3 aromatic rings. The molecule has 0 bridgehead atoms. The van der Waals surface area contributed by atoms with Crippen molar-refractivity contribution in [1.82, 2.24) is 24.9 Å². The number of aryl methyl sites for hydroxylation is 3. The predicted molar refractivity (Wildman–Crippen MR) is 118 cm³/mol. The number of nitrogens with zero attached hydrogens (tertiary/aromatic N) is 4. The van der Waals surface area contributed by atoms with Crippen LogP contribution in [0, 0.1) is 20.8 Å². The summed E-state index contributed by atoms with van der Waals surface area (Å²) in [6.07, 6.45) is 0. The van der Waals surface area contributed by atoms with Gasteiger partial charge < -0.3 is 10.6 Å². The molecular weight excluding hydrogens is 415 g/mol. The van der Waals surface area contributed by atoms with Crippen LogP contribution in [0.2, 0.25) is 10.0 Å². The van der Waals surface area contributed by atoms with Crippen molar-refractivity contribution in [2.75, 3.05) is 5.32 Å². The Kier molecular flexibility index (Phi) is 6.27. The molecule has 3 rings (SSSR count). The SMILES string of the molecule is Cc1nn(Cc2ccc(Cl)cc2Cl)c(C)c1NC(=S)NCc1cc(C)n(C)n1. The van der Waals surface area contributed by atoms with E-state index in [9.17, 15) is 0 Å². The molecule has 2 aromatic heterocycles. The first kappa shape index (κ1) is 20.6. The van der Waals surface area contributed by atoms with Gasteiger partial charge in [0.05, 0.1) is 35.9 Å². The third-order valence-corrected chi connectivity index (χ3v) is 5.38. The largest absolute Gasteiger partial charge is 0.357 e. The van der Waals surface area contributed by atoms with E-state index in [0.29, 0.717) is 28.2 Å². The van der Waals surface area contributed by atoms with E-state index in [1.165, 1.54) is 0 Å². The molecule has 6 nitrogen and oxygen atoms in total. The van der Waals surface area contributed by atoms with Crippen LogP contribution in [0.15, 0.2) is 24.3 Å². The van der Waals surface area contributed by atoms with Crippen LogP contribution in [-0.4, -0.2) is 24.7 Å². The van der Waals surface area contributed by atoms with E-state index in [4.69, 9.17) is 35.4 Å². The fourth-order valence-corrected chi connectivity index (χ4v) is 3.54. The Balaban J connectivity index is 1.68. The van der Waals surface area contributed by atoms with Crippen LogP contribution in [-0.2, 0) is 20.1 Å². The minimum absolute atomic E-state index is 0.526. The Morgan fingerprint density at radius 2 is 1.89 bits per heavy atom. The normalized spacial score (nSPS) is 10.9. The summed E-state index contributed by atoms with van der Waals surface area (Å²) < 4.78 is 3.74. The van der Waals surface area contributed by atoms with Gasteiger partial charge in [0, 0.05) is 22.8 Å². The molecule has 28 heavy (non-hydrogen) atoms. The Morgan fingerprint density at radius 1 is 1.14 bits per heavy atom. The predicted octanol–water partition coefficient (Wildman–Crippen LogP) is 4.38. The summed E-state index contributed by atoms with van der Waals surface area (Å²) in [5, 5.41) is 17.2. The second-order valence-corrected chi connectivity index (χ2v) is 7.90. The van der Waals surface area contributed by atoms with Gasteiger partial charge in [0.25, 0.3) is 0 Å². The quantitative estimate of drug-likeness (QED) is 0.580. The Morgan fingerprint density at radius 3 is 2.54 bits per heavy atom. The fourth-order valence-electron chi connectivity index (χ4n) is 2.89. The van der Waals surface area contributed by atoms with Crippen molar-refractivity contribution in [3.8, 4) is 0 Å². The minimum Gasteiger partial charge on any atom is -0.357 e. The smallest absolute Gasteiger partial charge is 0.171 e. The zero-order valence-electron chi connectivity index (χ0n) is 16.2. The molecule has 0 radical (unpaired) electrons. The molecule has 2 heterocycles. The molecule has 0 amide bonds. The molecule has 148 valence electrons. The van der Waals surface area contributed by atoms with Crippen LogP contribution < -0.4 is 10.6 Å². The number of benzene rings is 1. The molecule has 0 aliphatic rings. The van der Waals surface area contributed by atoms with Crippen LogP contribution in [0.3, 0.4) is 0 Å². The number of hydrogen-bond donors (Lipinski definition) is 2. The molecule has 9 heteroatoms. The molecule has 0 atom stereocenters. The van der Waals surface area contributed by atoms with Gasteiger partial charge in [-0.05, 0) is 56.8 Å². The maximum Gasteiger partial charge on any atom is 0.171 e. The van der Waals surface area contributed by atoms with E-state index < -0.39 is 0 Å². The van der Waals surface area contributed by atoms with Crippen LogP contribution in [0.1, 0.15) is 28.3 Å². The topological polar surface area (TPSA) is 59.7 Å². The maximum absolute atomic E-state index is 6.30. The highest BCUT2D eigenvalue weighted by Gasteiger charge is 2.14. The Bertz CT molecular complexity index is 1000. The zero-order valence-corrected chi connectivity index (χ0v) is 18.5. The summed E-state index contributed by atoms with van der Waals surface area (Å²) in [5.41, 5.74) is 5.71. The number of nitrogens with one attached hydrogen (secondary N) is 2. The van der Waals surface area contributed by atoms with Gasteiger partial charge in [-0.15, -0.1) is 0 Å². The molecule has 0 saturated carbocycles. The monoisotopic (exact) mass is 436 g/mol. The molecule has 1 aromatic carbocycles. The van der Waals surface area contributed by atoms with Gasteiger partial charge in [-0.1, -0.05) is 29.3 Å². The lowest BCUT2D eigenvalue weighted by Gasteiger charge is -2.11. The van der Waals surface area contributed by atoms with Crippen molar-refractivity contribution < 1.29 is 0 Å². The number of rotatable bonds is 5. The average Bonchev–Trinajstić information content (AvgIpc) is 3.09. The lowest BCUT2D eigenvalue weighted by molar-refractivity contribution is 0.659. The van der Waals surface area contributed by atoms with Gasteiger partial charge >= 0.3 is 0 Å².